The molecule has 10 heteroatoms. The van der Waals surface area contributed by atoms with E-state index in [1.807, 2.05) is 30.5 Å². The van der Waals surface area contributed by atoms with Crippen molar-refractivity contribution in [1.82, 2.24) is 25.8 Å². The molecule has 4 aromatic rings. The van der Waals surface area contributed by atoms with Gasteiger partial charge in [-0.2, -0.15) is 5.10 Å². The second-order valence-corrected chi connectivity index (χ2v) is 7.76. The van der Waals surface area contributed by atoms with Gasteiger partial charge in [0.1, 0.15) is 11.9 Å². The normalized spacial score (nSPS) is 11.6. The van der Waals surface area contributed by atoms with Crippen LogP contribution in [0.3, 0.4) is 0 Å². The molecule has 8 N–H and O–H groups in total. The maximum Gasteiger partial charge on any atom is 0.249 e. The Morgan fingerprint density at radius 1 is 1.09 bits per heavy atom. The molecule has 0 saturated carbocycles. The molecule has 10 nitrogen and oxygen atoms in total. The number of rotatable bonds is 10. The second kappa shape index (κ2) is 10.3. The van der Waals surface area contributed by atoms with Crippen molar-refractivity contribution in [3.05, 3.63) is 83.8 Å². The molecule has 0 aliphatic heterocycles. The number of aromatic nitrogens is 3. The lowest BCUT2D eigenvalue weighted by Crippen LogP contribution is -2.41. The summed E-state index contributed by atoms with van der Waals surface area (Å²) in [5.74, 6) is -0.755. The SMILES string of the molecule is N=C(N)c1cccc(NC(C(=O)NCC(=O)NCCc2c[nH]c3ccccc23)c2ccn[nH]2)c1. The Hall–Kier alpha value is -4.60. The highest BCUT2D eigenvalue weighted by Gasteiger charge is 2.22. The fourth-order valence-electron chi connectivity index (χ4n) is 3.66. The lowest BCUT2D eigenvalue weighted by Gasteiger charge is -2.18. The van der Waals surface area contributed by atoms with Crippen molar-refractivity contribution in [2.45, 2.75) is 12.5 Å². The van der Waals surface area contributed by atoms with Crippen LogP contribution in [0.5, 0.6) is 0 Å². The molecule has 0 bridgehead atoms. The number of hydrogen-bond donors (Lipinski definition) is 7. The molecule has 0 spiro atoms. The van der Waals surface area contributed by atoms with E-state index in [4.69, 9.17) is 11.1 Å². The molecular weight excluding hydrogens is 432 g/mol. The molecule has 34 heavy (non-hydrogen) atoms. The minimum absolute atomic E-state index is 0.0736. The van der Waals surface area contributed by atoms with Gasteiger partial charge in [-0.25, -0.2) is 0 Å². The zero-order chi connectivity index (χ0) is 23.9. The van der Waals surface area contributed by atoms with E-state index in [-0.39, 0.29) is 18.3 Å². The number of H-pyrrole nitrogens is 2. The first-order chi connectivity index (χ1) is 16.5. The van der Waals surface area contributed by atoms with Gasteiger partial charge in [0.25, 0.3) is 0 Å². The molecule has 2 amide bonds. The van der Waals surface area contributed by atoms with Gasteiger partial charge >= 0.3 is 0 Å². The molecule has 0 radical (unpaired) electrons. The Kier molecular flexibility index (Phi) is 6.87. The van der Waals surface area contributed by atoms with Crippen LogP contribution in [0.2, 0.25) is 0 Å². The summed E-state index contributed by atoms with van der Waals surface area (Å²) >= 11 is 0. The van der Waals surface area contributed by atoms with Crippen molar-refractivity contribution in [3.8, 4) is 0 Å². The third-order valence-corrected chi connectivity index (χ3v) is 5.39. The van der Waals surface area contributed by atoms with E-state index in [0.29, 0.717) is 29.9 Å². The highest BCUT2D eigenvalue weighted by atomic mass is 16.2. The molecule has 0 saturated heterocycles. The molecule has 0 fully saturated rings. The lowest BCUT2D eigenvalue weighted by molar-refractivity contribution is -0.126. The first kappa shape index (κ1) is 22.6. The molecule has 2 aromatic carbocycles. The second-order valence-electron chi connectivity index (χ2n) is 7.76. The number of para-hydroxylation sites is 1. The van der Waals surface area contributed by atoms with Crippen molar-refractivity contribution in [2.75, 3.05) is 18.4 Å². The topological polar surface area (TPSA) is 165 Å². The van der Waals surface area contributed by atoms with E-state index in [1.165, 1.54) is 0 Å². The number of nitrogens with zero attached hydrogens (tertiary/aromatic N) is 1. The van der Waals surface area contributed by atoms with Crippen molar-refractivity contribution < 1.29 is 9.59 Å². The predicted molar refractivity (Wildman–Crippen MR) is 130 cm³/mol. The largest absolute Gasteiger partial charge is 0.384 e. The van der Waals surface area contributed by atoms with Crippen LogP contribution in [0.1, 0.15) is 22.9 Å². The van der Waals surface area contributed by atoms with Crippen molar-refractivity contribution >= 4 is 34.2 Å². The van der Waals surface area contributed by atoms with Gasteiger partial charge in [0.2, 0.25) is 11.8 Å². The third-order valence-electron chi connectivity index (χ3n) is 5.39. The third kappa shape index (κ3) is 5.41. The maximum absolute atomic E-state index is 12.9. The molecule has 2 aromatic heterocycles. The molecule has 0 aliphatic rings. The molecule has 2 heterocycles. The van der Waals surface area contributed by atoms with Gasteiger partial charge in [-0.05, 0) is 36.2 Å². The Balaban J connectivity index is 1.32. The minimum atomic E-state index is -0.816. The molecule has 0 aliphatic carbocycles. The lowest BCUT2D eigenvalue weighted by atomic mass is 10.1. The van der Waals surface area contributed by atoms with Crippen LogP contribution in [0, 0.1) is 5.41 Å². The number of amidine groups is 1. The maximum atomic E-state index is 12.9. The standard InChI is InChI=1S/C24H26N8O2/c25-23(26)15-4-3-5-17(12-15)31-22(20-9-11-30-32-20)24(34)29-14-21(33)27-10-8-16-13-28-19-7-2-1-6-18(16)19/h1-7,9,11-13,22,28,31H,8,10,14H2,(H3,25,26)(H,27,33)(H,29,34)(H,30,32). The first-order valence-corrected chi connectivity index (χ1v) is 10.8. The van der Waals surface area contributed by atoms with E-state index >= 15 is 0 Å². The summed E-state index contributed by atoms with van der Waals surface area (Å²) in [5.41, 5.74) is 9.41. The number of aromatic amines is 2. The summed E-state index contributed by atoms with van der Waals surface area (Å²) in [5, 5.41) is 24.0. The molecule has 174 valence electrons. The van der Waals surface area contributed by atoms with Gasteiger partial charge in [0.05, 0.1) is 12.2 Å². The number of nitrogens with one attached hydrogen (secondary N) is 6. The Labute approximate surface area is 195 Å². The summed E-state index contributed by atoms with van der Waals surface area (Å²) < 4.78 is 0. The number of nitrogen functional groups attached to an aromatic ring is 1. The molecule has 1 atom stereocenters. The van der Waals surface area contributed by atoms with Crippen LogP contribution in [-0.4, -0.2) is 45.9 Å². The number of benzene rings is 2. The predicted octanol–water partition coefficient (Wildman–Crippen LogP) is 1.80. The highest BCUT2D eigenvalue weighted by molar-refractivity contribution is 5.96. The quantitative estimate of drug-likeness (QED) is 0.142. The minimum Gasteiger partial charge on any atom is -0.384 e. The number of fused-ring (bicyclic) bond motifs is 1. The van der Waals surface area contributed by atoms with Crippen molar-refractivity contribution in [2.24, 2.45) is 5.73 Å². The van der Waals surface area contributed by atoms with E-state index in [0.717, 1.165) is 16.5 Å². The van der Waals surface area contributed by atoms with Crippen LogP contribution in [0.4, 0.5) is 5.69 Å². The Bertz CT molecular complexity index is 1300. The van der Waals surface area contributed by atoms with Gasteiger partial charge in [0, 0.05) is 41.1 Å². The zero-order valence-electron chi connectivity index (χ0n) is 18.4. The molecule has 1 unspecified atom stereocenters. The van der Waals surface area contributed by atoms with Crippen LogP contribution >= 0.6 is 0 Å². The summed E-state index contributed by atoms with van der Waals surface area (Å²) in [4.78, 5) is 28.4. The molecule has 4 rings (SSSR count). The van der Waals surface area contributed by atoms with E-state index < -0.39 is 11.9 Å². The number of carbonyl (C=O) groups is 2. The monoisotopic (exact) mass is 458 g/mol. The summed E-state index contributed by atoms with van der Waals surface area (Å²) in [7, 11) is 0. The van der Waals surface area contributed by atoms with Crippen molar-refractivity contribution in [3.63, 3.8) is 0 Å². The average molecular weight is 459 g/mol. The van der Waals surface area contributed by atoms with Crippen LogP contribution in [0.25, 0.3) is 10.9 Å². The average Bonchev–Trinajstić information content (AvgIpc) is 3.52. The fraction of sp³-hybridized carbons (Fsp3) is 0.167. The van der Waals surface area contributed by atoms with Crippen LogP contribution in [0.15, 0.2) is 67.0 Å². The smallest absolute Gasteiger partial charge is 0.249 e. The summed E-state index contributed by atoms with van der Waals surface area (Å²) in [6.07, 6.45) is 4.16. The number of carbonyl (C=O) groups excluding carboxylic acids is 2. The van der Waals surface area contributed by atoms with Gasteiger partial charge < -0.3 is 26.7 Å². The number of amides is 2. The van der Waals surface area contributed by atoms with Crippen molar-refractivity contribution in [1.29, 1.82) is 5.41 Å². The van der Waals surface area contributed by atoms with Gasteiger partial charge in [-0.1, -0.05) is 30.3 Å². The van der Waals surface area contributed by atoms with Crippen LogP contribution < -0.4 is 21.7 Å². The summed E-state index contributed by atoms with van der Waals surface area (Å²) in [6.45, 7) is 0.295. The fourth-order valence-corrected chi connectivity index (χ4v) is 3.66. The van der Waals surface area contributed by atoms with E-state index in [9.17, 15) is 9.59 Å². The van der Waals surface area contributed by atoms with E-state index in [1.54, 1.807) is 36.5 Å². The Morgan fingerprint density at radius 3 is 2.74 bits per heavy atom. The van der Waals surface area contributed by atoms with Gasteiger partial charge in [-0.15, -0.1) is 0 Å². The zero-order valence-corrected chi connectivity index (χ0v) is 18.4. The number of hydrogen-bond acceptors (Lipinski definition) is 5. The van der Waals surface area contributed by atoms with Crippen LogP contribution in [-0.2, 0) is 16.0 Å². The first-order valence-electron chi connectivity index (χ1n) is 10.8. The Morgan fingerprint density at radius 2 is 1.94 bits per heavy atom. The number of anilines is 1. The summed E-state index contributed by atoms with van der Waals surface area (Å²) in [6, 6.07) is 15.7. The van der Waals surface area contributed by atoms with Gasteiger partial charge in [0.15, 0.2) is 0 Å². The van der Waals surface area contributed by atoms with Gasteiger partial charge in [-0.3, -0.25) is 20.1 Å². The highest BCUT2D eigenvalue weighted by Crippen LogP contribution is 2.20. The molecular formula is C24H26N8O2. The van der Waals surface area contributed by atoms with E-state index in [2.05, 4.69) is 31.1 Å². The number of nitrogens with two attached hydrogens (primary N) is 1.